The van der Waals surface area contributed by atoms with Gasteiger partial charge in [0.1, 0.15) is 0 Å². The quantitative estimate of drug-likeness (QED) is 0.380. The van der Waals surface area contributed by atoms with Gasteiger partial charge < -0.3 is 15.2 Å². The Labute approximate surface area is 144 Å². The van der Waals surface area contributed by atoms with Gasteiger partial charge in [0.2, 0.25) is 5.96 Å². The molecular formula is C15H20N4O6. The lowest BCUT2D eigenvalue weighted by atomic mass is 10.2. The first-order chi connectivity index (χ1) is 11.6. The van der Waals surface area contributed by atoms with Crippen LogP contribution in [-0.2, 0) is 9.47 Å². The highest BCUT2D eigenvalue weighted by atomic mass is 16.6. The molecule has 1 aromatic carbocycles. The number of ether oxygens (including phenoxy) is 2. The van der Waals surface area contributed by atoms with Gasteiger partial charge in [0, 0.05) is 12.1 Å². The van der Waals surface area contributed by atoms with Crippen molar-refractivity contribution in [2.45, 2.75) is 39.9 Å². The number of carbonyl (C=O) groups excluding carboxylic acids is 2. The minimum absolute atomic E-state index is 0.0263. The van der Waals surface area contributed by atoms with Crippen molar-refractivity contribution in [2.75, 3.05) is 4.90 Å². The summed E-state index contributed by atoms with van der Waals surface area (Å²) in [6.45, 7) is 6.47. The number of nitro groups is 1. The first-order valence-electron chi connectivity index (χ1n) is 7.41. The van der Waals surface area contributed by atoms with E-state index in [2.05, 4.69) is 4.99 Å². The molecule has 0 saturated carbocycles. The number of anilines is 1. The lowest BCUT2D eigenvalue weighted by molar-refractivity contribution is -0.384. The average Bonchev–Trinajstić information content (AvgIpc) is 2.45. The zero-order chi connectivity index (χ0) is 19.1. The first kappa shape index (κ1) is 19.9. The van der Waals surface area contributed by atoms with Gasteiger partial charge >= 0.3 is 12.2 Å². The van der Waals surface area contributed by atoms with Gasteiger partial charge in [0.25, 0.3) is 5.69 Å². The third-order valence-corrected chi connectivity index (χ3v) is 2.59. The Morgan fingerprint density at radius 1 is 1.20 bits per heavy atom. The fourth-order valence-corrected chi connectivity index (χ4v) is 1.70. The number of non-ortho nitro benzene ring substituents is 1. The number of aliphatic imine (C=N–C) groups is 1. The highest BCUT2D eigenvalue weighted by Crippen LogP contribution is 2.22. The summed E-state index contributed by atoms with van der Waals surface area (Å²) in [6.07, 6.45) is -2.85. The van der Waals surface area contributed by atoms with Crippen molar-refractivity contribution >= 4 is 29.5 Å². The molecule has 2 amide bonds. The van der Waals surface area contributed by atoms with Crippen LogP contribution in [0.5, 0.6) is 0 Å². The number of carbonyl (C=O) groups is 2. The Hall–Kier alpha value is -3.17. The predicted octanol–water partition coefficient (Wildman–Crippen LogP) is 2.81. The number of hydrogen-bond donors (Lipinski definition) is 1. The zero-order valence-electron chi connectivity index (χ0n) is 14.3. The summed E-state index contributed by atoms with van der Waals surface area (Å²) in [5, 5.41) is 10.9. The molecule has 0 saturated heterocycles. The molecule has 0 aliphatic carbocycles. The molecule has 0 aliphatic heterocycles. The fraction of sp³-hybridized carbons (Fsp3) is 0.400. The summed E-state index contributed by atoms with van der Waals surface area (Å²) in [5.41, 5.74) is 5.49. The Kier molecular flexibility index (Phi) is 6.85. The van der Waals surface area contributed by atoms with Crippen molar-refractivity contribution in [3.63, 3.8) is 0 Å². The van der Waals surface area contributed by atoms with Crippen LogP contribution in [0.1, 0.15) is 27.7 Å². The fourth-order valence-electron chi connectivity index (χ4n) is 1.70. The third kappa shape index (κ3) is 6.09. The molecule has 0 aromatic heterocycles. The van der Waals surface area contributed by atoms with Crippen molar-refractivity contribution in [3.05, 3.63) is 34.4 Å². The van der Waals surface area contributed by atoms with E-state index in [0.29, 0.717) is 0 Å². The van der Waals surface area contributed by atoms with E-state index in [1.807, 2.05) is 0 Å². The Morgan fingerprint density at radius 2 is 1.80 bits per heavy atom. The molecule has 10 nitrogen and oxygen atoms in total. The van der Waals surface area contributed by atoms with E-state index < -0.39 is 35.3 Å². The van der Waals surface area contributed by atoms with Crippen molar-refractivity contribution in [2.24, 2.45) is 10.7 Å². The molecule has 0 unspecified atom stereocenters. The SMILES string of the molecule is CC(C)OC(=O)/N=C(\N)N(C(=O)OC(C)C)c1cccc([N+](=O)[O-])c1. The van der Waals surface area contributed by atoms with E-state index in [0.717, 1.165) is 11.0 Å². The average molecular weight is 352 g/mol. The standard InChI is InChI=1S/C15H20N4O6/c1-9(2)24-14(20)17-13(16)18(15(21)25-10(3)4)11-6-5-7-12(8-11)19(22)23/h5-10H,1-4H3,(H2,16,17,20). The highest BCUT2D eigenvalue weighted by Gasteiger charge is 2.25. The van der Waals surface area contributed by atoms with Gasteiger partial charge in [-0.1, -0.05) is 6.07 Å². The normalized spacial score (nSPS) is 11.4. The van der Waals surface area contributed by atoms with Crippen LogP contribution in [0, 0.1) is 10.1 Å². The van der Waals surface area contributed by atoms with Crippen molar-refractivity contribution in [3.8, 4) is 0 Å². The molecule has 2 N–H and O–H groups in total. The molecular weight excluding hydrogens is 332 g/mol. The second-order valence-electron chi connectivity index (χ2n) is 5.45. The maximum Gasteiger partial charge on any atom is 0.437 e. The van der Waals surface area contributed by atoms with E-state index in [-0.39, 0.29) is 11.4 Å². The van der Waals surface area contributed by atoms with Gasteiger partial charge in [-0.2, -0.15) is 0 Å². The molecule has 0 spiro atoms. The summed E-state index contributed by atoms with van der Waals surface area (Å²) < 4.78 is 9.89. The smallest absolute Gasteiger partial charge is 0.437 e. The van der Waals surface area contributed by atoms with Gasteiger partial charge in [-0.25, -0.2) is 14.5 Å². The number of amides is 2. The minimum Gasteiger partial charge on any atom is -0.446 e. The molecule has 1 rings (SSSR count). The summed E-state index contributed by atoms with van der Waals surface area (Å²) in [5.74, 6) is -0.531. The van der Waals surface area contributed by atoms with Gasteiger partial charge in [-0.05, 0) is 33.8 Å². The van der Waals surface area contributed by atoms with Crippen LogP contribution in [0.25, 0.3) is 0 Å². The second kappa shape index (κ2) is 8.62. The van der Waals surface area contributed by atoms with Crippen LogP contribution in [-0.4, -0.2) is 35.3 Å². The molecule has 10 heteroatoms. The van der Waals surface area contributed by atoms with E-state index in [4.69, 9.17) is 15.2 Å². The van der Waals surface area contributed by atoms with Crippen molar-refractivity contribution < 1.29 is 24.0 Å². The summed E-state index contributed by atoms with van der Waals surface area (Å²) >= 11 is 0. The second-order valence-corrected chi connectivity index (χ2v) is 5.45. The van der Waals surface area contributed by atoms with E-state index >= 15 is 0 Å². The monoisotopic (exact) mass is 352 g/mol. The molecule has 0 fully saturated rings. The first-order valence-corrected chi connectivity index (χ1v) is 7.41. The maximum atomic E-state index is 12.3. The number of hydrogen-bond acceptors (Lipinski definition) is 6. The molecule has 0 bridgehead atoms. The lowest BCUT2D eigenvalue weighted by Crippen LogP contribution is -2.44. The van der Waals surface area contributed by atoms with Crippen LogP contribution in [0.4, 0.5) is 21.0 Å². The van der Waals surface area contributed by atoms with Gasteiger partial charge in [0.05, 0.1) is 22.8 Å². The number of nitrogens with two attached hydrogens (primary N) is 1. The number of rotatable bonds is 4. The lowest BCUT2D eigenvalue weighted by Gasteiger charge is -2.22. The zero-order valence-corrected chi connectivity index (χ0v) is 14.3. The van der Waals surface area contributed by atoms with Crippen LogP contribution in [0.2, 0.25) is 0 Å². The summed E-state index contributed by atoms with van der Waals surface area (Å²) in [4.78, 5) is 38.5. The molecule has 136 valence electrons. The Balaban J connectivity index is 3.27. The largest absolute Gasteiger partial charge is 0.446 e. The molecule has 0 atom stereocenters. The number of benzene rings is 1. The van der Waals surface area contributed by atoms with Gasteiger partial charge in [0.15, 0.2) is 0 Å². The van der Waals surface area contributed by atoms with E-state index in [1.165, 1.54) is 18.2 Å². The van der Waals surface area contributed by atoms with Crippen molar-refractivity contribution in [1.29, 1.82) is 0 Å². The van der Waals surface area contributed by atoms with Crippen LogP contribution >= 0.6 is 0 Å². The predicted molar refractivity (Wildman–Crippen MR) is 90.4 cm³/mol. The van der Waals surface area contributed by atoms with Crippen LogP contribution in [0.3, 0.4) is 0 Å². The van der Waals surface area contributed by atoms with Gasteiger partial charge in [-0.15, -0.1) is 4.99 Å². The Bertz CT molecular complexity index is 686. The molecule has 1 aromatic rings. The molecule has 0 aliphatic rings. The number of nitrogens with zero attached hydrogens (tertiary/aromatic N) is 3. The molecule has 0 heterocycles. The molecule has 0 radical (unpaired) electrons. The van der Waals surface area contributed by atoms with E-state index in [9.17, 15) is 19.7 Å². The number of nitro benzene ring substituents is 1. The van der Waals surface area contributed by atoms with Crippen LogP contribution < -0.4 is 10.6 Å². The Morgan fingerprint density at radius 3 is 2.32 bits per heavy atom. The van der Waals surface area contributed by atoms with E-state index in [1.54, 1.807) is 27.7 Å². The third-order valence-electron chi connectivity index (χ3n) is 2.59. The summed E-state index contributed by atoms with van der Waals surface area (Å²) in [6, 6.07) is 5.11. The van der Waals surface area contributed by atoms with Crippen LogP contribution in [0.15, 0.2) is 29.3 Å². The molecule has 25 heavy (non-hydrogen) atoms. The minimum atomic E-state index is -1.000. The highest BCUT2D eigenvalue weighted by molar-refractivity contribution is 6.15. The van der Waals surface area contributed by atoms with Gasteiger partial charge in [-0.3, -0.25) is 10.1 Å². The topological polar surface area (TPSA) is 137 Å². The van der Waals surface area contributed by atoms with Crippen molar-refractivity contribution in [1.82, 2.24) is 0 Å². The maximum absolute atomic E-state index is 12.3. The summed E-state index contributed by atoms with van der Waals surface area (Å²) in [7, 11) is 0. The number of guanidine groups is 1.